The van der Waals surface area contributed by atoms with Crippen molar-refractivity contribution in [2.24, 2.45) is 5.73 Å². The Morgan fingerprint density at radius 2 is 2.64 bits per heavy atom. The number of nitrogens with two attached hydrogens (primary N) is 1. The fourth-order valence-corrected chi connectivity index (χ4v) is 1.40. The van der Waals surface area contributed by atoms with Crippen LogP contribution >= 0.6 is 11.3 Å². The van der Waals surface area contributed by atoms with Crippen molar-refractivity contribution in [3.8, 4) is 0 Å². The number of ether oxygens (including phenoxy) is 1. The summed E-state index contributed by atoms with van der Waals surface area (Å²) in [5.74, 6) is 0. The van der Waals surface area contributed by atoms with E-state index in [-0.39, 0.29) is 6.04 Å². The van der Waals surface area contributed by atoms with Gasteiger partial charge in [-0.3, -0.25) is 0 Å². The van der Waals surface area contributed by atoms with E-state index in [9.17, 15) is 0 Å². The van der Waals surface area contributed by atoms with Gasteiger partial charge in [0.1, 0.15) is 10.5 Å². The molecule has 0 amide bonds. The largest absolute Gasteiger partial charge is 0.383 e. The van der Waals surface area contributed by atoms with E-state index < -0.39 is 0 Å². The highest BCUT2D eigenvalue weighted by Crippen LogP contribution is 2.03. The Hall–Kier alpha value is -0.520. The highest BCUT2D eigenvalue weighted by molar-refractivity contribution is 7.09. The summed E-state index contributed by atoms with van der Waals surface area (Å²) in [5.41, 5.74) is 7.39. The number of aromatic nitrogens is 2. The summed E-state index contributed by atoms with van der Waals surface area (Å²) < 4.78 is 4.88. The van der Waals surface area contributed by atoms with Gasteiger partial charge in [0.15, 0.2) is 0 Å². The van der Waals surface area contributed by atoms with Crippen LogP contribution in [-0.2, 0) is 11.2 Å². The molecule has 1 unspecified atom stereocenters. The smallest absolute Gasteiger partial charge is 0.118 e. The van der Waals surface area contributed by atoms with E-state index in [0.29, 0.717) is 6.61 Å². The summed E-state index contributed by atoms with van der Waals surface area (Å²) in [7, 11) is 1.64. The van der Waals surface area contributed by atoms with Crippen LogP contribution in [0.4, 0.5) is 0 Å². The Morgan fingerprint density at radius 3 is 3.18 bits per heavy atom. The van der Waals surface area contributed by atoms with Crippen molar-refractivity contribution in [2.75, 3.05) is 13.7 Å². The van der Waals surface area contributed by atoms with Crippen LogP contribution < -0.4 is 5.73 Å². The zero-order chi connectivity index (χ0) is 8.10. The summed E-state index contributed by atoms with van der Waals surface area (Å²) in [6.07, 6.45) is 0.749. The van der Waals surface area contributed by atoms with Crippen molar-refractivity contribution in [2.45, 2.75) is 12.5 Å². The molecule has 2 N–H and O–H groups in total. The van der Waals surface area contributed by atoms with Gasteiger partial charge in [0.2, 0.25) is 0 Å². The zero-order valence-corrected chi connectivity index (χ0v) is 7.17. The molecule has 0 fully saturated rings. The van der Waals surface area contributed by atoms with Gasteiger partial charge in [-0.05, 0) is 0 Å². The third-order valence-electron chi connectivity index (χ3n) is 1.22. The first-order valence-electron chi connectivity index (χ1n) is 3.32. The molecule has 0 aliphatic carbocycles. The van der Waals surface area contributed by atoms with E-state index in [4.69, 9.17) is 10.5 Å². The summed E-state index contributed by atoms with van der Waals surface area (Å²) in [5, 5.41) is 8.55. The van der Waals surface area contributed by atoms with Crippen LogP contribution in [0.1, 0.15) is 5.01 Å². The van der Waals surface area contributed by atoms with Gasteiger partial charge < -0.3 is 10.5 Å². The van der Waals surface area contributed by atoms with E-state index in [1.165, 1.54) is 11.3 Å². The Balaban J connectivity index is 2.31. The molecule has 1 heterocycles. The molecule has 1 aromatic rings. The lowest BCUT2D eigenvalue weighted by Gasteiger charge is -2.06. The zero-order valence-electron chi connectivity index (χ0n) is 6.36. The van der Waals surface area contributed by atoms with E-state index in [1.807, 2.05) is 0 Å². The normalized spacial score (nSPS) is 13.3. The van der Waals surface area contributed by atoms with Crippen molar-refractivity contribution in [1.82, 2.24) is 10.2 Å². The lowest BCUT2D eigenvalue weighted by Crippen LogP contribution is -2.27. The van der Waals surface area contributed by atoms with E-state index in [1.54, 1.807) is 12.6 Å². The summed E-state index contributed by atoms with van der Waals surface area (Å²) in [4.78, 5) is 0. The molecule has 0 aliphatic heterocycles. The summed E-state index contributed by atoms with van der Waals surface area (Å²) in [6, 6.07) is 0.0351. The Kier molecular flexibility index (Phi) is 3.41. The fraction of sp³-hybridized carbons (Fsp3) is 0.667. The minimum absolute atomic E-state index is 0.0351. The lowest BCUT2D eigenvalue weighted by atomic mass is 10.2. The molecule has 1 aromatic heterocycles. The number of methoxy groups -OCH3 is 1. The van der Waals surface area contributed by atoms with Gasteiger partial charge in [-0.25, -0.2) is 0 Å². The standard InChI is InChI=1S/C6H11N3OS/c1-10-3-5(7)2-6-9-8-4-11-6/h4-5H,2-3,7H2,1H3. The molecular weight excluding hydrogens is 162 g/mol. The van der Waals surface area contributed by atoms with E-state index >= 15 is 0 Å². The number of hydrogen-bond acceptors (Lipinski definition) is 5. The van der Waals surface area contributed by atoms with E-state index in [0.717, 1.165) is 11.4 Å². The second-order valence-corrected chi connectivity index (χ2v) is 3.17. The predicted octanol–water partition coefficient (Wildman–Crippen LogP) is 0.0543. The van der Waals surface area contributed by atoms with Gasteiger partial charge in [0.25, 0.3) is 0 Å². The van der Waals surface area contributed by atoms with Gasteiger partial charge in [0.05, 0.1) is 6.61 Å². The van der Waals surface area contributed by atoms with Gasteiger partial charge in [-0.15, -0.1) is 21.5 Å². The molecule has 5 heteroatoms. The van der Waals surface area contributed by atoms with Crippen LogP contribution in [0.15, 0.2) is 5.51 Å². The van der Waals surface area contributed by atoms with Crippen molar-refractivity contribution in [3.05, 3.63) is 10.5 Å². The average Bonchev–Trinajstić information content (AvgIpc) is 2.40. The van der Waals surface area contributed by atoms with Gasteiger partial charge in [0, 0.05) is 19.6 Å². The van der Waals surface area contributed by atoms with Crippen LogP contribution in [0.3, 0.4) is 0 Å². The number of nitrogens with zero attached hydrogens (tertiary/aromatic N) is 2. The second kappa shape index (κ2) is 4.38. The maximum atomic E-state index is 5.69. The lowest BCUT2D eigenvalue weighted by molar-refractivity contribution is 0.180. The summed E-state index contributed by atoms with van der Waals surface area (Å²) >= 11 is 1.52. The highest BCUT2D eigenvalue weighted by atomic mass is 32.1. The topological polar surface area (TPSA) is 61.0 Å². The molecule has 4 nitrogen and oxygen atoms in total. The molecule has 1 rings (SSSR count). The average molecular weight is 173 g/mol. The molecular formula is C6H11N3OS. The second-order valence-electron chi connectivity index (χ2n) is 2.25. The molecule has 1 atom stereocenters. The van der Waals surface area contributed by atoms with Gasteiger partial charge in [-0.1, -0.05) is 0 Å². The van der Waals surface area contributed by atoms with Gasteiger partial charge >= 0.3 is 0 Å². The maximum absolute atomic E-state index is 5.69. The highest BCUT2D eigenvalue weighted by Gasteiger charge is 2.05. The third kappa shape index (κ3) is 2.92. The molecule has 0 radical (unpaired) electrons. The first kappa shape index (κ1) is 8.58. The van der Waals surface area contributed by atoms with Crippen LogP contribution in [0.25, 0.3) is 0 Å². The molecule has 0 saturated carbocycles. The van der Waals surface area contributed by atoms with Crippen molar-refractivity contribution >= 4 is 11.3 Å². The first-order valence-corrected chi connectivity index (χ1v) is 4.20. The van der Waals surface area contributed by atoms with Crippen molar-refractivity contribution in [1.29, 1.82) is 0 Å². The Labute approximate surface area is 69.4 Å². The summed E-state index contributed by atoms with van der Waals surface area (Å²) in [6.45, 7) is 0.569. The molecule has 11 heavy (non-hydrogen) atoms. The monoisotopic (exact) mass is 173 g/mol. The number of rotatable bonds is 4. The molecule has 0 saturated heterocycles. The number of hydrogen-bond donors (Lipinski definition) is 1. The van der Waals surface area contributed by atoms with Crippen LogP contribution in [0, 0.1) is 0 Å². The van der Waals surface area contributed by atoms with Gasteiger partial charge in [-0.2, -0.15) is 0 Å². The van der Waals surface area contributed by atoms with Crippen LogP contribution in [-0.4, -0.2) is 30.0 Å². The van der Waals surface area contributed by atoms with E-state index in [2.05, 4.69) is 10.2 Å². The Bertz CT molecular complexity index is 190. The molecule has 0 aromatic carbocycles. The fourth-order valence-electron chi connectivity index (χ4n) is 0.782. The predicted molar refractivity (Wildman–Crippen MR) is 43.5 cm³/mol. The van der Waals surface area contributed by atoms with Crippen molar-refractivity contribution < 1.29 is 4.74 Å². The van der Waals surface area contributed by atoms with Crippen molar-refractivity contribution in [3.63, 3.8) is 0 Å². The third-order valence-corrected chi connectivity index (χ3v) is 1.94. The minimum atomic E-state index is 0.0351. The molecule has 0 aliphatic rings. The molecule has 62 valence electrons. The first-order chi connectivity index (χ1) is 5.33. The van der Waals surface area contributed by atoms with Crippen LogP contribution in [0.2, 0.25) is 0 Å². The van der Waals surface area contributed by atoms with Crippen LogP contribution in [0.5, 0.6) is 0 Å². The quantitative estimate of drug-likeness (QED) is 0.699. The molecule has 0 bridgehead atoms. The Morgan fingerprint density at radius 1 is 1.82 bits per heavy atom. The SMILES string of the molecule is COCC(N)Cc1nncs1. The maximum Gasteiger partial charge on any atom is 0.118 e. The minimum Gasteiger partial charge on any atom is -0.383 e. The molecule has 0 spiro atoms.